The van der Waals surface area contributed by atoms with Crippen LogP contribution in [0, 0.1) is 5.92 Å². The lowest BCUT2D eigenvalue weighted by atomic mass is 10.1. The molecule has 1 saturated carbocycles. The molecule has 64 valence electrons. The van der Waals surface area contributed by atoms with E-state index in [1.165, 1.54) is 25.7 Å². The lowest BCUT2D eigenvalue weighted by Gasteiger charge is -2.08. The standard InChI is InChI=1S/C8H16N2O/c9-8(11)6-10-5-7-3-1-2-4-7/h7,10H,1-6H2,(H2,9,11). The number of carbonyl (C=O) groups excluding carboxylic acids is 1. The van der Waals surface area contributed by atoms with Gasteiger partial charge in [0.1, 0.15) is 0 Å². The molecule has 1 aliphatic rings. The molecule has 3 N–H and O–H groups in total. The monoisotopic (exact) mass is 156 g/mol. The van der Waals surface area contributed by atoms with Gasteiger partial charge in [-0.15, -0.1) is 0 Å². The van der Waals surface area contributed by atoms with Crippen LogP contribution in [0.2, 0.25) is 0 Å². The summed E-state index contributed by atoms with van der Waals surface area (Å²) >= 11 is 0. The summed E-state index contributed by atoms with van der Waals surface area (Å²) in [6.45, 7) is 1.29. The molecule has 0 aromatic heterocycles. The maximum atomic E-state index is 10.3. The first-order valence-corrected chi connectivity index (χ1v) is 4.28. The largest absolute Gasteiger partial charge is 0.369 e. The molecule has 0 spiro atoms. The molecule has 0 aliphatic heterocycles. The van der Waals surface area contributed by atoms with E-state index in [1.54, 1.807) is 0 Å². The van der Waals surface area contributed by atoms with Crippen LogP contribution in [0.1, 0.15) is 25.7 Å². The van der Waals surface area contributed by atoms with Gasteiger partial charge in [0, 0.05) is 0 Å². The SMILES string of the molecule is NC(=O)CNCC1CCCC1. The van der Waals surface area contributed by atoms with E-state index in [2.05, 4.69) is 5.32 Å². The molecule has 1 fully saturated rings. The average Bonchev–Trinajstić information content (AvgIpc) is 2.39. The van der Waals surface area contributed by atoms with Gasteiger partial charge in [-0.25, -0.2) is 0 Å². The van der Waals surface area contributed by atoms with Crippen LogP contribution in [0.4, 0.5) is 0 Å². The van der Waals surface area contributed by atoms with Crippen molar-refractivity contribution in [2.75, 3.05) is 13.1 Å². The lowest BCUT2D eigenvalue weighted by Crippen LogP contribution is -2.31. The number of hydrogen-bond donors (Lipinski definition) is 2. The van der Waals surface area contributed by atoms with E-state index in [1.807, 2.05) is 0 Å². The lowest BCUT2D eigenvalue weighted by molar-refractivity contribution is -0.117. The number of amides is 1. The van der Waals surface area contributed by atoms with Gasteiger partial charge in [0.2, 0.25) is 5.91 Å². The van der Waals surface area contributed by atoms with E-state index in [4.69, 9.17) is 5.73 Å². The maximum absolute atomic E-state index is 10.3. The van der Waals surface area contributed by atoms with E-state index in [-0.39, 0.29) is 5.91 Å². The van der Waals surface area contributed by atoms with Crippen LogP contribution >= 0.6 is 0 Å². The molecular formula is C8H16N2O. The van der Waals surface area contributed by atoms with Crippen LogP contribution in [0.5, 0.6) is 0 Å². The molecule has 0 saturated heterocycles. The minimum atomic E-state index is -0.261. The van der Waals surface area contributed by atoms with E-state index >= 15 is 0 Å². The molecule has 1 rings (SSSR count). The third-order valence-corrected chi connectivity index (χ3v) is 2.21. The smallest absolute Gasteiger partial charge is 0.231 e. The summed E-state index contributed by atoms with van der Waals surface area (Å²) in [7, 11) is 0. The van der Waals surface area contributed by atoms with Crippen molar-refractivity contribution in [3.63, 3.8) is 0 Å². The predicted octanol–water partition coefficient (Wildman–Crippen LogP) is 0.251. The Kier molecular flexibility index (Phi) is 3.36. The van der Waals surface area contributed by atoms with Crippen molar-refractivity contribution >= 4 is 5.91 Å². The number of nitrogens with one attached hydrogen (secondary N) is 1. The summed E-state index contributed by atoms with van der Waals surface area (Å²) < 4.78 is 0. The van der Waals surface area contributed by atoms with Crippen LogP contribution in [0.15, 0.2) is 0 Å². The molecule has 11 heavy (non-hydrogen) atoms. The first-order valence-electron chi connectivity index (χ1n) is 4.28. The van der Waals surface area contributed by atoms with Gasteiger partial charge < -0.3 is 11.1 Å². The molecule has 0 aromatic rings. The molecule has 0 unspecified atom stereocenters. The fourth-order valence-corrected chi connectivity index (χ4v) is 1.61. The van der Waals surface area contributed by atoms with Crippen LogP contribution in [-0.2, 0) is 4.79 Å². The molecule has 1 aliphatic carbocycles. The van der Waals surface area contributed by atoms with Crippen molar-refractivity contribution in [2.24, 2.45) is 11.7 Å². The minimum absolute atomic E-state index is 0.261. The number of rotatable bonds is 4. The summed E-state index contributed by atoms with van der Waals surface area (Å²) in [6.07, 6.45) is 5.32. The fraction of sp³-hybridized carbons (Fsp3) is 0.875. The molecule has 3 heteroatoms. The van der Waals surface area contributed by atoms with Crippen molar-refractivity contribution in [1.82, 2.24) is 5.32 Å². The number of primary amides is 1. The molecule has 3 nitrogen and oxygen atoms in total. The van der Waals surface area contributed by atoms with E-state index in [0.717, 1.165) is 12.5 Å². The fourth-order valence-electron chi connectivity index (χ4n) is 1.61. The van der Waals surface area contributed by atoms with Crippen LogP contribution in [0.25, 0.3) is 0 Å². The average molecular weight is 156 g/mol. The van der Waals surface area contributed by atoms with Gasteiger partial charge in [-0.2, -0.15) is 0 Å². The molecule has 0 atom stereocenters. The van der Waals surface area contributed by atoms with E-state index < -0.39 is 0 Å². The van der Waals surface area contributed by atoms with Crippen LogP contribution < -0.4 is 11.1 Å². The Morgan fingerprint density at radius 1 is 1.45 bits per heavy atom. The zero-order valence-corrected chi connectivity index (χ0v) is 6.81. The second-order valence-electron chi connectivity index (χ2n) is 3.25. The maximum Gasteiger partial charge on any atom is 0.231 e. The summed E-state index contributed by atoms with van der Waals surface area (Å²) in [5, 5.41) is 3.05. The molecular weight excluding hydrogens is 140 g/mol. The highest BCUT2D eigenvalue weighted by molar-refractivity contribution is 5.75. The first-order chi connectivity index (χ1) is 5.29. The van der Waals surface area contributed by atoms with Gasteiger partial charge in [-0.3, -0.25) is 4.79 Å². The van der Waals surface area contributed by atoms with Crippen LogP contribution in [0.3, 0.4) is 0 Å². The Hall–Kier alpha value is -0.570. The predicted molar refractivity (Wildman–Crippen MR) is 44.0 cm³/mol. The van der Waals surface area contributed by atoms with Crippen LogP contribution in [-0.4, -0.2) is 19.0 Å². The molecule has 1 amide bonds. The van der Waals surface area contributed by atoms with Crippen molar-refractivity contribution in [3.05, 3.63) is 0 Å². The van der Waals surface area contributed by atoms with Gasteiger partial charge in [0.15, 0.2) is 0 Å². The topological polar surface area (TPSA) is 55.1 Å². The third kappa shape index (κ3) is 3.37. The summed E-state index contributed by atoms with van der Waals surface area (Å²) in [5.74, 6) is 0.525. The quantitative estimate of drug-likeness (QED) is 0.613. The second-order valence-corrected chi connectivity index (χ2v) is 3.25. The highest BCUT2D eigenvalue weighted by Crippen LogP contribution is 2.23. The van der Waals surface area contributed by atoms with Crippen molar-refractivity contribution in [3.8, 4) is 0 Å². The number of nitrogens with two attached hydrogens (primary N) is 1. The summed E-state index contributed by atoms with van der Waals surface area (Å²) in [5.41, 5.74) is 4.98. The number of hydrogen-bond acceptors (Lipinski definition) is 2. The minimum Gasteiger partial charge on any atom is -0.369 e. The Morgan fingerprint density at radius 3 is 2.64 bits per heavy atom. The Bertz CT molecular complexity index is 130. The highest BCUT2D eigenvalue weighted by Gasteiger charge is 2.13. The van der Waals surface area contributed by atoms with Gasteiger partial charge in [-0.1, -0.05) is 12.8 Å². The van der Waals surface area contributed by atoms with Gasteiger partial charge in [0.05, 0.1) is 6.54 Å². The Morgan fingerprint density at radius 2 is 2.09 bits per heavy atom. The number of carbonyl (C=O) groups is 1. The third-order valence-electron chi connectivity index (χ3n) is 2.21. The first kappa shape index (κ1) is 8.53. The van der Waals surface area contributed by atoms with Crippen molar-refractivity contribution in [2.45, 2.75) is 25.7 Å². The van der Waals surface area contributed by atoms with E-state index in [0.29, 0.717) is 6.54 Å². The Labute approximate surface area is 67.3 Å². The van der Waals surface area contributed by atoms with Crippen molar-refractivity contribution in [1.29, 1.82) is 0 Å². The van der Waals surface area contributed by atoms with Gasteiger partial charge >= 0.3 is 0 Å². The molecule has 0 aromatic carbocycles. The second kappa shape index (κ2) is 4.34. The molecule has 0 heterocycles. The summed E-state index contributed by atoms with van der Waals surface area (Å²) in [6, 6.07) is 0. The normalized spacial score (nSPS) is 18.9. The van der Waals surface area contributed by atoms with Gasteiger partial charge in [0.25, 0.3) is 0 Å². The van der Waals surface area contributed by atoms with E-state index in [9.17, 15) is 4.79 Å². The Balaban J connectivity index is 1.98. The molecule has 0 bridgehead atoms. The van der Waals surface area contributed by atoms with Gasteiger partial charge in [-0.05, 0) is 25.3 Å². The zero-order valence-electron chi connectivity index (χ0n) is 6.81. The highest BCUT2D eigenvalue weighted by atomic mass is 16.1. The molecule has 0 radical (unpaired) electrons. The summed E-state index contributed by atoms with van der Waals surface area (Å²) in [4.78, 5) is 10.3. The zero-order chi connectivity index (χ0) is 8.10. The van der Waals surface area contributed by atoms with Crippen molar-refractivity contribution < 1.29 is 4.79 Å².